The highest BCUT2D eigenvalue weighted by atomic mass is 35.5. The van der Waals surface area contributed by atoms with Crippen LogP contribution < -0.4 is 10.6 Å². The van der Waals surface area contributed by atoms with Crippen molar-refractivity contribution in [1.29, 1.82) is 0 Å². The minimum absolute atomic E-state index is 0.0526. The number of halogens is 1. The predicted octanol–water partition coefficient (Wildman–Crippen LogP) is 1.46. The summed E-state index contributed by atoms with van der Waals surface area (Å²) in [5.41, 5.74) is 0.743. The fourth-order valence-corrected chi connectivity index (χ4v) is 1.84. The van der Waals surface area contributed by atoms with Crippen molar-refractivity contribution in [1.82, 2.24) is 10.6 Å². The van der Waals surface area contributed by atoms with Gasteiger partial charge in [-0.05, 0) is 31.0 Å². The summed E-state index contributed by atoms with van der Waals surface area (Å²) in [4.78, 5) is 34.9. The molecule has 1 rings (SSSR count). The second kappa shape index (κ2) is 9.84. The number of esters is 1. The molecule has 2 amide bonds. The van der Waals surface area contributed by atoms with Gasteiger partial charge in [0.15, 0.2) is 6.61 Å². The molecular weight excluding hydrogens is 320 g/mol. The molecule has 0 aliphatic heterocycles. The number of rotatable bonds is 8. The molecule has 126 valence electrons. The fraction of sp³-hybridized carbons (Fsp3) is 0.438. The van der Waals surface area contributed by atoms with Crippen molar-refractivity contribution in [3.05, 3.63) is 34.9 Å². The van der Waals surface area contributed by atoms with Crippen LogP contribution in [0.2, 0.25) is 5.02 Å². The van der Waals surface area contributed by atoms with E-state index in [2.05, 4.69) is 10.6 Å². The third kappa shape index (κ3) is 7.65. The maximum absolute atomic E-state index is 11.6. The minimum Gasteiger partial charge on any atom is -0.455 e. The summed E-state index contributed by atoms with van der Waals surface area (Å²) < 4.78 is 4.88. The molecule has 1 aromatic carbocycles. The first-order valence-corrected chi connectivity index (χ1v) is 7.77. The van der Waals surface area contributed by atoms with E-state index >= 15 is 0 Å². The molecule has 0 saturated heterocycles. The van der Waals surface area contributed by atoms with Gasteiger partial charge in [-0.2, -0.15) is 0 Å². The topological polar surface area (TPSA) is 84.5 Å². The van der Waals surface area contributed by atoms with E-state index in [-0.39, 0.29) is 12.3 Å². The molecule has 0 radical (unpaired) electrons. The molecule has 0 aliphatic carbocycles. The van der Waals surface area contributed by atoms with Gasteiger partial charge >= 0.3 is 5.97 Å². The molecule has 0 saturated carbocycles. The Morgan fingerprint density at radius 2 is 1.87 bits per heavy atom. The number of hydrogen-bond acceptors (Lipinski definition) is 4. The lowest BCUT2D eigenvalue weighted by Crippen LogP contribution is -2.46. The van der Waals surface area contributed by atoms with Crippen LogP contribution in [-0.4, -0.2) is 37.0 Å². The Bertz CT molecular complexity index is 546. The average molecular weight is 341 g/mol. The Morgan fingerprint density at radius 3 is 2.48 bits per heavy atom. The molecule has 0 fully saturated rings. The molecule has 0 spiro atoms. The van der Waals surface area contributed by atoms with E-state index in [1.807, 2.05) is 6.92 Å². The summed E-state index contributed by atoms with van der Waals surface area (Å²) in [6.45, 7) is 3.63. The van der Waals surface area contributed by atoms with E-state index < -0.39 is 24.5 Å². The van der Waals surface area contributed by atoms with Gasteiger partial charge in [-0.1, -0.05) is 30.7 Å². The van der Waals surface area contributed by atoms with Gasteiger partial charge in [0.2, 0.25) is 5.91 Å². The van der Waals surface area contributed by atoms with Gasteiger partial charge in [-0.15, -0.1) is 0 Å². The molecule has 0 aliphatic rings. The van der Waals surface area contributed by atoms with Crippen LogP contribution in [0.1, 0.15) is 25.8 Å². The summed E-state index contributed by atoms with van der Waals surface area (Å²) >= 11 is 5.75. The SMILES string of the molecule is CCCNC(=O)[C@H](C)NC(=O)COC(=O)Cc1ccc(Cl)cc1. The van der Waals surface area contributed by atoms with Crippen LogP contribution in [-0.2, 0) is 25.5 Å². The van der Waals surface area contributed by atoms with E-state index in [9.17, 15) is 14.4 Å². The minimum atomic E-state index is -0.677. The smallest absolute Gasteiger partial charge is 0.310 e. The van der Waals surface area contributed by atoms with Crippen LogP contribution in [0.4, 0.5) is 0 Å². The number of carbonyl (C=O) groups excluding carboxylic acids is 3. The highest BCUT2D eigenvalue weighted by molar-refractivity contribution is 6.30. The van der Waals surface area contributed by atoms with Gasteiger partial charge in [0.05, 0.1) is 6.42 Å². The lowest BCUT2D eigenvalue weighted by Gasteiger charge is -2.13. The van der Waals surface area contributed by atoms with E-state index in [1.165, 1.54) is 0 Å². The Labute approximate surface area is 140 Å². The van der Waals surface area contributed by atoms with Crippen LogP contribution in [0, 0.1) is 0 Å². The molecule has 1 atom stereocenters. The Balaban J connectivity index is 2.30. The van der Waals surface area contributed by atoms with Gasteiger partial charge in [-0.25, -0.2) is 0 Å². The molecule has 0 unspecified atom stereocenters. The fourth-order valence-electron chi connectivity index (χ4n) is 1.72. The molecular formula is C16H21ClN2O4. The van der Waals surface area contributed by atoms with E-state index in [4.69, 9.17) is 16.3 Å². The second-order valence-corrected chi connectivity index (χ2v) is 5.48. The normalized spacial score (nSPS) is 11.4. The second-order valence-electron chi connectivity index (χ2n) is 5.04. The molecule has 6 nitrogen and oxygen atoms in total. The predicted molar refractivity (Wildman–Crippen MR) is 87.0 cm³/mol. The number of hydrogen-bond donors (Lipinski definition) is 2. The monoisotopic (exact) mass is 340 g/mol. The molecule has 0 bridgehead atoms. The highest BCUT2D eigenvalue weighted by Crippen LogP contribution is 2.10. The van der Waals surface area contributed by atoms with Crippen LogP contribution in [0.3, 0.4) is 0 Å². The lowest BCUT2D eigenvalue weighted by atomic mass is 10.1. The Kier molecular flexibility index (Phi) is 8.11. The summed E-state index contributed by atoms with van der Waals surface area (Å²) in [6, 6.07) is 6.10. The number of amides is 2. The average Bonchev–Trinajstić information content (AvgIpc) is 2.52. The van der Waals surface area contributed by atoms with E-state index in [1.54, 1.807) is 31.2 Å². The third-order valence-electron chi connectivity index (χ3n) is 2.95. The van der Waals surface area contributed by atoms with Crippen LogP contribution in [0.5, 0.6) is 0 Å². The zero-order valence-corrected chi connectivity index (χ0v) is 14.0. The Morgan fingerprint density at radius 1 is 1.22 bits per heavy atom. The van der Waals surface area contributed by atoms with E-state index in [0.717, 1.165) is 12.0 Å². The lowest BCUT2D eigenvalue weighted by molar-refractivity contribution is -0.148. The van der Waals surface area contributed by atoms with Gasteiger partial charge in [0, 0.05) is 11.6 Å². The van der Waals surface area contributed by atoms with Crippen molar-refractivity contribution in [3.8, 4) is 0 Å². The maximum Gasteiger partial charge on any atom is 0.310 e. The zero-order chi connectivity index (χ0) is 17.2. The molecule has 0 heterocycles. The standard InChI is InChI=1S/C16H21ClN2O4/c1-3-8-18-16(22)11(2)19-14(20)10-23-15(21)9-12-4-6-13(17)7-5-12/h4-7,11H,3,8-10H2,1-2H3,(H,18,22)(H,19,20)/t11-/m0/s1. The molecule has 0 aromatic heterocycles. The van der Waals surface area contributed by atoms with Crippen LogP contribution >= 0.6 is 11.6 Å². The molecule has 23 heavy (non-hydrogen) atoms. The van der Waals surface area contributed by atoms with Crippen molar-refractivity contribution < 1.29 is 19.1 Å². The largest absolute Gasteiger partial charge is 0.455 e. The third-order valence-corrected chi connectivity index (χ3v) is 3.20. The molecule has 1 aromatic rings. The van der Waals surface area contributed by atoms with Crippen LogP contribution in [0.15, 0.2) is 24.3 Å². The first-order chi connectivity index (χ1) is 10.9. The van der Waals surface area contributed by atoms with Crippen molar-refractivity contribution in [2.24, 2.45) is 0 Å². The summed E-state index contributed by atoms with van der Waals surface area (Å²) in [5, 5.41) is 5.72. The van der Waals surface area contributed by atoms with Gasteiger partial charge in [0.25, 0.3) is 5.91 Å². The van der Waals surface area contributed by atoms with Crippen molar-refractivity contribution in [2.45, 2.75) is 32.7 Å². The van der Waals surface area contributed by atoms with E-state index in [0.29, 0.717) is 11.6 Å². The highest BCUT2D eigenvalue weighted by Gasteiger charge is 2.16. The van der Waals surface area contributed by atoms with Gasteiger partial charge in [-0.3, -0.25) is 14.4 Å². The summed E-state index contributed by atoms with van der Waals surface area (Å²) in [6.07, 6.45) is 0.867. The quantitative estimate of drug-likeness (QED) is 0.702. The first-order valence-electron chi connectivity index (χ1n) is 7.39. The van der Waals surface area contributed by atoms with Gasteiger partial charge in [0.1, 0.15) is 6.04 Å². The number of nitrogens with one attached hydrogen (secondary N) is 2. The van der Waals surface area contributed by atoms with Crippen molar-refractivity contribution in [2.75, 3.05) is 13.2 Å². The van der Waals surface area contributed by atoms with Crippen LogP contribution in [0.25, 0.3) is 0 Å². The van der Waals surface area contributed by atoms with Crippen molar-refractivity contribution in [3.63, 3.8) is 0 Å². The van der Waals surface area contributed by atoms with Gasteiger partial charge < -0.3 is 15.4 Å². The summed E-state index contributed by atoms with van der Waals surface area (Å²) in [5.74, 6) is -1.31. The maximum atomic E-state index is 11.6. The molecule has 2 N–H and O–H groups in total. The van der Waals surface area contributed by atoms with Crippen molar-refractivity contribution >= 4 is 29.4 Å². The number of carbonyl (C=O) groups is 3. The Hall–Kier alpha value is -2.08. The zero-order valence-electron chi connectivity index (χ0n) is 13.2. The number of ether oxygens (including phenoxy) is 1. The molecule has 7 heteroatoms. The first kappa shape index (κ1) is 19.0. The summed E-state index contributed by atoms with van der Waals surface area (Å²) in [7, 11) is 0. The number of benzene rings is 1.